The lowest BCUT2D eigenvalue weighted by Crippen LogP contribution is -2.25. The van der Waals surface area contributed by atoms with Gasteiger partial charge in [-0.05, 0) is 39.5 Å². The minimum absolute atomic E-state index is 0.132. The van der Waals surface area contributed by atoms with E-state index in [0.717, 1.165) is 16.5 Å². The van der Waals surface area contributed by atoms with Crippen LogP contribution in [0, 0.1) is 0 Å². The van der Waals surface area contributed by atoms with Gasteiger partial charge in [0.25, 0.3) is 5.91 Å². The van der Waals surface area contributed by atoms with Crippen LogP contribution in [0.3, 0.4) is 0 Å². The Kier molecular flexibility index (Phi) is 4.73. The molecule has 5 nitrogen and oxygen atoms in total. The van der Waals surface area contributed by atoms with Crippen molar-refractivity contribution < 1.29 is 9.21 Å². The summed E-state index contributed by atoms with van der Waals surface area (Å²) in [6.45, 7) is 0.132. The second kappa shape index (κ2) is 7.11. The molecule has 1 aromatic heterocycles. The van der Waals surface area contributed by atoms with E-state index in [4.69, 9.17) is 4.42 Å². The van der Waals surface area contributed by atoms with Gasteiger partial charge in [-0.15, -0.1) is 0 Å². The fourth-order valence-electron chi connectivity index (χ4n) is 2.16. The van der Waals surface area contributed by atoms with Crippen LogP contribution in [0.15, 0.2) is 68.8 Å². The molecule has 0 aliphatic rings. The van der Waals surface area contributed by atoms with Gasteiger partial charge in [-0.25, -0.2) is 5.43 Å². The summed E-state index contributed by atoms with van der Waals surface area (Å²) in [7, 11) is 0. The second-order valence-electron chi connectivity index (χ2n) is 4.82. The van der Waals surface area contributed by atoms with E-state index in [1.54, 1.807) is 12.1 Å². The maximum Gasteiger partial charge on any atom is 0.259 e. The number of nitrogens with zero attached hydrogens (tertiary/aromatic N) is 1. The molecule has 23 heavy (non-hydrogen) atoms. The summed E-state index contributed by atoms with van der Waals surface area (Å²) in [5, 5.41) is 9.17. The fourth-order valence-corrected chi connectivity index (χ4v) is 2.48. The number of rotatable bonds is 5. The van der Waals surface area contributed by atoms with Crippen LogP contribution < -0.4 is 10.7 Å². The summed E-state index contributed by atoms with van der Waals surface area (Å²) in [4.78, 5) is 11.8. The number of amides is 1. The Hall–Kier alpha value is -2.60. The molecule has 0 spiro atoms. The van der Waals surface area contributed by atoms with Crippen molar-refractivity contribution in [2.75, 3.05) is 11.9 Å². The molecule has 1 heterocycles. The molecule has 1 amide bonds. The van der Waals surface area contributed by atoms with Crippen LogP contribution in [-0.2, 0) is 4.79 Å². The van der Waals surface area contributed by atoms with Gasteiger partial charge >= 0.3 is 0 Å². The van der Waals surface area contributed by atoms with Gasteiger partial charge < -0.3 is 9.73 Å². The quantitative estimate of drug-likeness (QED) is 0.530. The second-order valence-corrected chi connectivity index (χ2v) is 5.60. The standard InChI is InChI=1S/C17H14BrN3O2/c18-16-9-8-13(23-16)10-20-21-17(22)11-19-15-7-3-5-12-4-1-2-6-14(12)15/h1-10,19H,11H2,(H,21,22). The van der Waals surface area contributed by atoms with E-state index in [0.29, 0.717) is 10.4 Å². The number of hydrogen-bond donors (Lipinski definition) is 2. The smallest absolute Gasteiger partial charge is 0.259 e. The highest BCUT2D eigenvalue weighted by Crippen LogP contribution is 2.22. The zero-order chi connectivity index (χ0) is 16.1. The molecule has 0 unspecified atom stereocenters. The molecule has 0 fully saturated rings. The average molecular weight is 372 g/mol. The Labute approximate surface area is 141 Å². The molecule has 2 aromatic carbocycles. The van der Waals surface area contributed by atoms with Crippen LogP contribution in [0.4, 0.5) is 5.69 Å². The zero-order valence-corrected chi connectivity index (χ0v) is 13.7. The minimum Gasteiger partial charge on any atom is -0.448 e. The number of fused-ring (bicyclic) bond motifs is 1. The van der Waals surface area contributed by atoms with Gasteiger partial charge in [0.05, 0.1) is 12.8 Å². The summed E-state index contributed by atoms with van der Waals surface area (Å²) < 4.78 is 5.86. The van der Waals surface area contributed by atoms with Gasteiger partial charge in [0.1, 0.15) is 5.76 Å². The molecule has 2 N–H and O–H groups in total. The number of carbonyl (C=O) groups excluding carboxylic acids is 1. The number of anilines is 1. The van der Waals surface area contributed by atoms with Gasteiger partial charge in [-0.3, -0.25) is 4.79 Å². The van der Waals surface area contributed by atoms with E-state index >= 15 is 0 Å². The van der Waals surface area contributed by atoms with Crippen LogP contribution >= 0.6 is 15.9 Å². The molecule has 3 rings (SSSR count). The molecule has 0 saturated carbocycles. The largest absolute Gasteiger partial charge is 0.448 e. The number of hydrogen-bond acceptors (Lipinski definition) is 4. The number of carbonyl (C=O) groups is 1. The van der Waals surface area contributed by atoms with Crippen LogP contribution in [0.5, 0.6) is 0 Å². The Balaban J connectivity index is 1.57. The van der Waals surface area contributed by atoms with Crippen molar-refractivity contribution in [2.24, 2.45) is 5.10 Å². The van der Waals surface area contributed by atoms with E-state index in [1.807, 2.05) is 42.5 Å². The number of benzene rings is 2. The summed E-state index contributed by atoms with van der Waals surface area (Å²) in [6, 6.07) is 17.4. The highest BCUT2D eigenvalue weighted by Gasteiger charge is 2.03. The Morgan fingerprint density at radius 3 is 2.78 bits per heavy atom. The first-order valence-electron chi connectivity index (χ1n) is 7.01. The number of furan rings is 1. The third-order valence-corrected chi connectivity index (χ3v) is 3.63. The highest BCUT2D eigenvalue weighted by atomic mass is 79.9. The maximum absolute atomic E-state index is 11.8. The van der Waals surface area contributed by atoms with E-state index in [2.05, 4.69) is 31.8 Å². The first-order chi connectivity index (χ1) is 11.2. The number of nitrogens with one attached hydrogen (secondary N) is 2. The van der Waals surface area contributed by atoms with Crippen molar-refractivity contribution >= 4 is 44.5 Å². The number of halogens is 1. The van der Waals surface area contributed by atoms with Gasteiger partial charge in [0.2, 0.25) is 0 Å². The normalized spacial score (nSPS) is 11.0. The Morgan fingerprint density at radius 2 is 1.96 bits per heavy atom. The average Bonchev–Trinajstić information content (AvgIpc) is 2.98. The molecular formula is C17H14BrN3O2. The molecular weight excluding hydrogens is 358 g/mol. The van der Waals surface area contributed by atoms with Crippen molar-refractivity contribution in [3.05, 3.63) is 65.0 Å². The van der Waals surface area contributed by atoms with Gasteiger partial charge in [0.15, 0.2) is 4.67 Å². The van der Waals surface area contributed by atoms with E-state index in [9.17, 15) is 4.79 Å². The predicted molar refractivity (Wildman–Crippen MR) is 94.6 cm³/mol. The van der Waals surface area contributed by atoms with Crippen LogP contribution in [0.1, 0.15) is 5.76 Å². The van der Waals surface area contributed by atoms with E-state index in [1.165, 1.54) is 6.21 Å². The van der Waals surface area contributed by atoms with Crippen LogP contribution in [0.25, 0.3) is 10.8 Å². The fraction of sp³-hybridized carbons (Fsp3) is 0.0588. The highest BCUT2D eigenvalue weighted by molar-refractivity contribution is 9.10. The first-order valence-corrected chi connectivity index (χ1v) is 7.80. The number of hydrazone groups is 1. The lowest BCUT2D eigenvalue weighted by Gasteiger charge is -2.08. The molecule has 116 valence electrons. The third-order valence-electron chi connectivity index (χ3n) is 3.20. The van der Waals surface area contributed by atoms with E-state index in [-0.39, 0.29) is 12.5 Å². The summed E-state index contributed by atoms with van der Waals surface area (Å²) in [6.07, 6.45) is 1.45. The lowest BCUT2D eigenvalue weighted by atomic mass is 10.1. The summed E-state index contributed by atoms with van der Waals surface area (Å²) in [5.74, 6) is 0.319. The van der Waals surface area contributed by atoms with Crippen molar-refractivity contribution in [1.29, 1.82) is 0 Å². The first kappa shape index (κ1) is 15.3. The van der Waals surface area contributed by atoms with Crippen LogP contribution in [0.2, 0.25) is 0 Å². The van der Waals surface area contributed by atoms with Gasteiger partial charge in [0, 0.05) is 11.1 Å². The molecule has 0 atom stereocenters. The molecule has 0 saturated heterocycles. The van der Waals surface area contributed by atoms with Crippen molar-refractivity contribution in [3.8, 4) is 0 Å². The van der Waals surface area contributed by atoms with E-state index < -0.39 is 0 Å². The summed E-state index contributed by atoms with van der Waals surface area (Å²) in [5.41, 5.74) is 3.37. The van der Waals surface area contributed by atoms with Crippen LogP contribution in [-0.4, -0.2) is 18.7 Å². The minimum atomic E-state index is -0.236. The molecule has 3 aromatic rings. The SMILES string of the molecule is O=C(CNc1cccc2ccccc12)NN=Cc1ccc(Br)o1. The molecule has 6 heteroatoms. The molecule has 0 aliphatic heterocycles. The topological polar surface area (TPSA) is 66.6 Å². The predicted octanol–water partition coefficient (Wildman–Crippen LogP) is 3.76. The maximum atomic E-state index is 11.8. The third kappa shape index (κ3) is 3.98. The van der Waals surface area contributed by atoms with Crippen molar-refractivity contribution in [1.82, 2.24) is 5.43 Å². The molecule has 0 aliphatic carbocycles. The Bertz CT molecular complexity index is 852. The van der Waals surface area contributed by atoms with Crippen molar-refractivity contribution in [3.63, 3.8) is 0 Å². The van der Waals surface area contributed by atoms with Gasteiger partial charge in [-0.2, -0.15) is 5.10 Å². The molecule has 0 bridgehead atoms. The monoisotopic (exact) mass is 371 g/mol. The summed E-state index contributed by atoms with van der Waals surface area (Å²) >= 11 is 3.20. The van der Waals surface area contributed by atoms with Gasteiger partial charge in [-0.1, -0.05) is 36.4 Å². The van der Waals surface area contributed by atoms with Crippen molar-refractivity contribution in [2.45, 2.75) is 0 Å². The Morgan fingerprint density at radius 1 is 1.13 bits per heavy atom. The molecule has 0 radical (unpaired) electrons. The zero-order valence-electron chi connectivity index (χ0n) is 12.1. The lowest BCUT2D eigenvalue weighted by molar-refractivity contribution is -0.119.